The molecule has 10 heteroatoms. The quantitative estimate of drug-likeness (QED) is 0.308. The van der Waals surface area contributed by atoms with Crippen molar-refractivity contribution in [2.75, 3.05) is 17.4 Å². The largest absolute Gasteiger partial charge is 0.354 e. The van der Waals surface area contributed by atoms with Crippen molar-refractivity contribution in [1.29, 1.82) is 0 Å². The van der Waals surface area contributed by atoms with E-state index in [1.165, 1.54) is 17.0 Å². The number of halogens is 2. The Kier molecular flexibility index (Phi) is 10.4. The Bertz CT molecular complexity index is 1430. The molecule has 0 unspecified atom stereocenters. The third kappa shape index (κ3) is 7.53. The zero-order valence-corrected chi connectivity index (χ0v) is 24.8. The van der Waals surface area contributed by atoms with Gasteiger partial charge in [0, 0.05) is 23.1 Å². The van der Waals surface area contributed by atoms with E-state index in [0.29, 0.717) is 33.4 Å². The third-order valence-electron chi connectivity index (χ3n) is 6.30. The highest BCUT2D eigenvalue weighted by Crippen LogP contribution is 2.29. The van der Waals surface area contributed by atoms with Gasteiger partial charge >= 0.3 is 0 Å². The number of nitrogens with one attached hydrogen (secondary N) is 1. The lowest BCUT2D eigenvalue weighted by molar-refractivity contribution is -0.139. The Morgan fingerprint density at radius 2 is 1.67 bits per heavy atom. The van der Waals surface area contributed by atoms with E-state index in [1.807, 2.05) is 19.9 Å². The molecule has 0 aromatic heterocycles. The number of aryl methyl sites for hydroxylation is 2. The number of rotatable bonds is 11. The Hall–Kier alpha value is -3.07. The number of hydrogen-bond acceptors (Lipinski definition) is 4. The van der Waals surface area contributed by atoms with Gasteiger partial charge < -0.3 is 10.2 Å². The van der Waals surface area contributed by atoms with Crippen LogP contribution >= 0.6 is 23.2 Å². The van der Waals surface area contributed by atoms with Gasteiger partial charge in [0.05, 0.1) is 10.6 Å². The van der Waals surface area contributed by atoms with E-state index in [1.54, 1.807) is 62.4 Å². The molecular weight excluding hydrogens is 557 g/mol. The van der Waals surface area contributed by atoms with Crippen LogP contribution in [0, 0.1) is 13.8 Å². The minimum Gasteiger partial charge on any atom is -0.354 e. The number of anilines is 1. The van der Waals surface area contributed by atoms with Crippen molar-refractivity contribution in [2.24, 2.45) is 0 Å². The molecule has 3 aromatic carbocycles. The highest BCUT2D eigenvalue weighted by Gasteiger charge is 2.33. The fourth-order valence-corrected chi connectivity index (χ4v) is 6.10. The van der Waals surface area contributed by atoms with E-state index >= 15 is 0 Å². The minimum atomic E-state index is -4.12. The Morgan fingerprint density at radius 3 is 2.28 bits per heavy atom. The summed E-state index contributed by atoms with van der Waals surface area (Å²) in [6.45, 7) is 7.17. The number of carbonyl (C=O) groups is 2. The Balaban J connectivity index is 2.06. The van der Waals surface area contributed by atoms with Crippen LogP contribution in [-0.4, -0.2) is 44.3 Å². The first kappa shape index (κ1) is 30.5. The van der Waals surface area contributed by atoms with Crippen LogP contribution in [0.5, 0.6) is 0 Å². The molecule has 0 bridgehead atoms. The fraction of sp³-hybridized carbons (Fsp3) is 0.310. The summed E-state index contributed by atoms with van der Waals surface area (Å²) < 4.78 is 28.8. The molecule has 0 fully saturated rings. The molecule has 0 saturated carbocycles. The molecule has 0 spiro atoms. The smallest absolute Gasteiger partial charge is 0.264 e. The number of sulfonamides is 1. The topological polar surface area (TPSA) is 86.8 Å². The van der Waals surface area contributed by atoms with Crippen molar-refractivity contribution in [3.63, 3.8) is 0 Å². The molecule has 208 valence electrons. The molecule has 7 nitrogen and oxygen atoms in total. The van der Waals surface area contributed by atoms with Crippen LogP contribution in [0.15, 0.2) is 71.6 Å². The zero-order chi connectivity index (χ0) is 28.7. The second kappa shape index (κ2) is 13.3. The number of carbonyl (C=O) groups excluding carboxylic acids is 2. The summed E-state index contributed by atoms with van der Waals surface area (Å²) >= 11 is 12.5. The molecule has 0 aliphatic carbocycles. The van der Waals surface area contributed by atoms with Crippen molar-refractivity contribution in [2.45, 2.75) is 51.6 Å². The molecule has 3 rings (SSSR count). The predicted octanol–water partition coefficient (Wildman–Crippen LogP) is 5.75. The molecule has 0 aliphatic heterocycles. The van der Waals surface area contributed by atoms with Crippen molar-refractivity contribution >= 4 is 50.7 Å². The van der Waals surface area contributed by atoms with Crippen LogP contribution in [0.2, 0.25) is 10.0 Å². The first-order valence-corrected chi connectivity index (χ1v) is 14.8. The zero-order valence-electron chi connectivity index (χ0n) is 22.4. The molecule has 1 atom stereocenters. The Morgan fingerprint density at radius 1 is 0.974 bits per heavy atom. The summed E-state index contributed by atoms with van der Waals surface area (Å²) in [7, 11) is -4.12. The van der Waals surface area contributed by atoms with Crippen LogP contribution in [0.25, 0.3) is 0 Å². The van der Waals surface area contributed by atoms with Crippen LogP contribution in [0.4, 0.5) is 5.69 Å². The van der Waals surface area contributed by atoms with E-state index in [4.69, 9.17) is 23.2 Å². The maximum absolute atomic E-state index is 14.0. The summed E-state index contributed by atoms with van der Waals surface area (Å²) in [6.07, 6.45) is 0.727. The number of benzene rings is 3. The van der Waals surface area contributed by atoms with Crippen molar-refractivity contribution in [3.05, 3.63) is 93.5 Å². The summed E-state index contributed by atoms with van der Waals surface area (Å²) in [5.41, 5.74) is 2.61. The monoisotopic (exact) mass is 589 g/mol. The lowest BCUT2D eigenvalue weighted by atomic mass is 10.1. The lowest BCUT2D eigenvalue weighted by Crippen LogP contribution is -2.51. The third-order valence-corrected chi connectivity index (χ3v) is 8.66. The van der Waals surface area contributed by atoms with Gasteiger partial charge in [0.15, 0.2) is 0 Å². The van der Waals surface area contributed by atoms with E-state index in [0.717, 1.165) is 16.3 Å². The van der Waals surface area contributed by atoms with Crippen molar-refractivity contribution < 1.29 is 18.0 Å². The van der Waals surface area contributed by atoms with E-state index in [-0.39, 0.29) is 17.3 Å². The van der Waals surface area contributed by atoms with Gasteiger partial charge in [0.1, 0.15) is 12.6 Å². The molecule has 39 heavy (non-hydrogen) atoms. The van der Waals surface area contributed by atoms with E-state index < -0.39 is 28.5 Å². The van der Waals surface area contributed by atoms with Gasteiger partial charge in [-0.2, -0.15) is 0 Å². The summed E-state index contributed by atoms with van der Waals surface area (Å²) in [5, 5.41) is 3.59. The average molecular weight is 591 g/mol. The maximum atomic E-state index is 14.0. The average Bonchev–Trinajstić information content (AvgIpc) is 2.90. The van der Waals surface area contributed by atoms with Crippen LogP contribution in [0.1, 0.15) is 37.0 Å². The molecule has 0 aliphatic rings. The van der Waals surface area contributed by atoms with Gasteiger partial charge in [-0.25, -0.2) is 8.42 Å². The standard InChI is InChI=1S/C29H33Cl2N3O4S/c1-5-15-32-29(36)22(4)33(18-23-12-13-24(30)17-26(23)31)28(35)19-34(27-14-11-20(2)16-21(27)3)39(37,38)25-9-7-6-8-10-25/h6-14,16-17,22H,5,15,18-19H2,1-4H3,(H,32,36)/t22-/m0/s1. The molecule has 2 amide bonds. The second-order valence-electron chi connectivity index (χ2n) is 9.34. The molecule has 0 heterocycles. The highest BCUT2D eigenvalue weighted by molar-refractivity contribution is 7.92. The van der Waals surface area contributed by atoms with Crippen molar-refractivity contribution in [1.82, 2.24) is 10.2 Å². The van der Waals surface area contributed by atoms with Gasteiger partial charge in [-0.1, -0.05) is 72.1 Å². The molecular formula is C29H33Cl2N3O4S. The fourth-order valence-electron chi connectivity index (χ4n) is 4.13. The molecule has 1 N–H and O–H groups in total. The van der Waals surface area contributed by atoms with Crippen LogP contribution in [0.3, 0.4) is 0 Å². The van der Waals surface area contributed by atoms with Gasteiger partial charge in [-0.05, 0) is 68.7 Å². The molecule has 0 saturated heterocycles. The molecule has 3 aromatic rings. The first-order valence-electron chi connectivity index (χ1n) is 12.6. The highest BCUT2D eigenvalue weighted by atomic mass is 35.5. The van der Waals surface area contributed by atoms with Gasteiger partial charge in [-0.15, -0.1) is 0 Å². The predicted molar refractivity (Wildman–Crippen MR) is 157 cm³/mol. The minimum absolute atomic E-state index is 0.0123. The normalized spacial score (nSPS) is 12.1. The first-order chi connectivity index (χ1) is 18.4. The van der Waals surface area contributed by atoms with Crippen LogP contribution in [-0.2, 0) is 26.2 Å². The number of amides is 2. The van der Waals surface area contributed by atoms with E-state index in [2.05, 4.69) is 5.32 Å². The van der Waals surface area contributed by atoms with Crippen LogP contribution < -0.4 is 9.62 Å². The van der Waals surface area contributed by atoms with Gasteiger partial charge in [0.25, 0.3) is 10.0 Å². The number of nitrogens with zero attached hydrogens (tertiary/aromatic N) is 2. The SMILES string of the molecule is CCCNC(=O)[C@H](C)N(Cc1ccc(Cl)cc1Cl)C(=O)CN(c1ccc(C)cc1C)S(=O)(=O)c1ccccc1. The number of hydrogen-bond donors (Lipinski definition) is 1. The molecule has 0 radical (unpaired) electrons. The Labute approximate surface area is 240 Å². The summed E-state index contributed by atoms with van der Waals surface area (Å²) in [4.78, 5) is 28.3. The lowest BCUT2D eigenvalue weighted by Gasteiger charge is -2.32. The van der Waals surface area contributed by atoms with E-state index in [9.17, 15) is 18.0 Å². The summed E-state index contributed by atoms with van der Waals surface area (Å²) in [6, 6.07) is 17.3. The van der Waals surface area contributed by atoms with Gasteiger partial charge in [0.2, 0.25) is 11.8 Å². The van der Waals surface area contributed by atoms with Crippen molar-refractivity contribution in [3.8, 4) is 0 Å². The van der Waals surface area contributed by atoms with Gasteiger partial charge in [-0.3, -0.25) is 13.9 Å². The second-order valence-corrected chi connectivity index (χ2v) is 12.0. The summed E-state index contributed by atoms with van der Waals surface area (Å²) in [5.74, 6) is -0.904. The maximum Gasteiger partial charge on any atom is 0.264 e.